The monoisotopic (exact) mass is 486 g/mol. The Hall–Kier alpha value is -2.45. The van der Waals surface area contributed by atoms with Gasteiger partial charge in [-0.3, -0.25) is 14.5 Å². The smallest absolute Gasteiger partial charge is 0.227 e. The van der Waals surface area contributed by atoms with E-state index in [4.69, 9.17) is 9.15 Å². The second-order valence-corrected chi connectivity index (χ2v) is 10.7. The van der Waals surface area contributed by atoms with E-state index in [1.807, 2.05) is 23.9 Å². The van der Waals surface area contributed by atoms with Crippen molar-refractivity contribution in [1.82, 2.24) is 10.2 Å². The molecular weight excluding hydrogens is 452 g/mol. The summed E-state index contributed by atoms with van der Waals surface area (Å²) in [5.74, 6) is 2.95. The van der Waals surface area contributed by atoms with Crippen LogP contribution in [-0.4, -0.2) is 53.7 Å². The van der Waals surface area contributed by atoms with Crippen LogP contribution in [0.2, 0.25) is 0 Å². The Balaban J connectivity index is 1.35. The van der Waals surface area contributed by atoms with Gasteiger partial charge in [-0.1, -0.05) is 12.1 Å². The average Bonchev–Trinajstić information content (AvgIpc) is 2.83. The predicted molar refractivity (Wildman–Crippen MR) is 134 cm³/mol. The zero-order valence-electron chi connectivity index (χ0n) is 20.0. The van der Waals surface area contributed by atoms with Crippen molar-refractivity contribution in [3.05, 3.63) is 57.6 Å². The van der Waals surface area contributed by atoms with Crippen LogP contribution >= 0.6 is 11.8 Å². The SMILES string of the molecule is COc1ccc(CN2CCC(NC(=O)CC3(c4oc(C)cc(=O)c4O)CCSCC3)CC2)cc1. The molecule has 0 bridgehead atoms. The molecule has 2 fully saturated rings. The Morgan fingerprint density at radius 1 is 1.24 bits per heavy atom. The summed E-state index contributed by atoms with van der Waals surface area (Å²) in [4.78, 5) is 27.7. The molecule has 4 rings (SSSR count). The van der Waals surface area contributed by atoms with E-state index in [9.17, 15) is 14.7 Å². The predicted octanol–water partition coefficient (Wildman–Crippen LogP) is 3.60. The molecule has 2 aliphatic rings. The van der Waals surface area contributed by atoms with Gasteiger partial charge < -0.3 is 19.6 Å². The van der Waals surface area contributed by atoms with Gasteiger partial charge in [0, 0.05) is 43.6 Å². The number of aromatic hydroxyl groups is 1. The summed E-state index contributed by atoms with van der Waals surface area (Å²) in [5.41, 5.74) is 0.167. The molecule has 1 aromatic heterocycles. The van der Waals surface area contributed by atoms with Crippen LogP contribution in [0.3, 0.4) is 0 Å². The highest BCUT2D eigenvalue weighted by molar-refractivity contribution is 7.99. The number of benzene rings is 1. The number of carbonyl (C=O) groups excluding carboxylic acids is 1. The second-order valence-electron chi connectivity index (χ2n) is 9.43. The largest absolute Gasteiger partial charge is 0.502 e. The minimum absolute atomic E-state index is 0.0379. The van der Waals surface area contributed by atoms with E-state index in [1.54, 1.807) is 14.0 Å². The van der Waals surface area contributed by atoms with Gasteiger partial charge in [0.2, 0.25) is 17.1 Å². The summed E-state index contributed by atoms with van der Waals surface area (Å²) < 4.78 is 11.1. The van der Waals surface area contributed by atoms with Crippen LogP contribution in [0.5, 0.6) is 11.5 Å². The summed E-state index contributed by atoms with van der Waals surface area (Å²) in [5, 5.41) is 13.7. The number of nitrogens with zero attached hydrogens (tertiary/aromatic N) is 1. The first-order valence-corrected chi connectivity index (χ1v) is 13.1. The molecular formula is C26H34N2O5S. The molecule has 2 N–H and O–H groups in total. The van der Waals surface area contributed by atoms with Gasteiger partial charge >= 0.3 is 0 Å². The van der Waals surface area contributed by atoms with Crippen LogP contribution in [0.15, 0.2) is 39.5 Å². The van der Waals surface area contributed by atoms with Gasteiger partial charge in [-0.25, -0.2) is 0 Å². The lowest BCUT2D eigenvalue weighted by Gasteiger charge is -2.37. The molecule has 0 spiro atoms. The highest BCUT2D eigenvalue weighted by atomic mass is 32.2. The minimum atomic E-state index is -0.639. The second kappa shape index (κ2) is 10.9. The molecule has 184 valence electrons. The fourth-order valence-corrected chi connectivity index (χ4v) is 6.29. The Morgan fingerprint density at radius 3 is 2.56 bits per heavy atom. The number of amides is 1. The number of rotatable bonds is 7. The first-order chi connectivity index (χ1) is 16.4. The van der Waals surface area contributed by atoms with E-state index in [-0.39, 0.29) is 29.9 Å². The molecule has 2 aliphatic heterocycles. The van der Waals surface area contributed by atoms with Crippen LogP contribution in [0.1, 0.15) is 49.2 Å². The van der Waals surface area contributed by atoms with E-state index in [1.165, 1.54) is 11.6 Å². The number of hydrogen-bond donors (Lipinski definition) is 2. The lowest BCUT2D eigenvalue weighted by molar-refractivity contribution is -0.123. The molecule has 1 aromatic carbocycles. The number of aryl methyl sites for hydroxylation is 1. The Bertz CT molecular complexity index is 1040. The molecule has 2 aromatic rings. The molecule has 0 aliphatic carbocycles. The summed E-state index contributed by atoms with van der Waals surface area (Å²) in [7, 11) is 1.67. The van der Waals surface area contributed by atoms with E-state index in [2.05, 4.69) is 22.3 Å². The average molecular weight is 487 g/mol. The number of nitrogens with one attached hydrogen (secondary N) is 1. The van der Waals surface area contributed by atoms with Crippen molar-refractivity contribution in [3.63, 3.8) is 0 Å². The topological polar surface area (TPSA) is 92.0 Å². The van der Waals surface area contributed by atoms with Gasteiger partial charge in [-0.2, -0.15) is 11.8 Å². The third-order valence-corrected chi connectivity index (χ3v) is 7.98. The lowest BCUT2D eigenvalue weighted by atomic mass is 9.75. The highest BCUT2D eigenvalue weighted by Crippen LogP contribution is 2.44. The highest BCUT2D eigenvalue weighted by Gasteiger charge is 2.42. The Labute approximate surface area is 204 Å². The molecule has 1 amide bonds. The van der Waals surface area contributed by atoms with E-state index >= 15 is 0 Å². The van der Waals surface area contributed by atoms with Crippen molar-refractivity contribution in [3.8, 4) is 11.5 Å². The van der Waals surface area contributed by atoms with E-state index < -0.39 is 10.8 Å². The standard InChI is InChI=1S/C26H34N2O5S/c1-18-15-22(29)24(31)25(33-18)26(9-13-34-14-10-26)16-23(30)27-20-7-11-28(12-8-20)17-19-3-5-21(32-2)6-4-19/h3-6,15,20,31H,7-14,16-17H2,1-2H3,(H,27,30). The fourth-order valence-electron chi connectivity index (χ4n) is 5.02. The third-order valence-electron chi connectivity index (χ3n) is 6.99. The van der Waals surface area contributed by atoms with Crippen molar-refractivity contribution in [2.45, 2.75) is 57.0 Å². The quantitative estimate of drug-likeness (QED) is 0.618. The summed E-state index contributed by atoms with van der Waals surface area (Å²) in [6.07, 6.45) is 3.42. The zero-order valence-corrected chi connectivity index (χ0v) is 20.8. The van der Waals surface area contributed by atoms with Gasteiger partial charge in [-0.15, -0.1) is 0 Å². The molecule has 34 heavy (non-hydrogen) atoms. The molecule has 0 atom stereocenters. The Morgan fingerprint density at radius 2 is 1.91 bits per heavy atom. The maximum Gasteiger partial charge on any atom is 0.227 e. The molecule has 0 unspecified atom stereocenters. The van der Waals surface area contributed by atoms with Crippen LogP contribution in [0, 0.1) is 6.92 Å². The molecule has 0 saturated carbocycles. The fraction of sp³-hybridized carbons (Fsp3) is 0.538. The van der Waals surface area contributed by atoms with Crippen molar-refractivity contribution >= 4 is 17.7 Å². The van der Waals surface area contributed by atoms with E-state index in [0.29, 0.717) is 18.6 Å². The van der Waals surface area contributed by atoms with Crippen LogP contribution < -0.4 is 15.5 Å². The lowest BCUT2D eigenvalue weighted by Crippen LogP contribution is -2.46. The molecule has 0 radical (unpaired) electrons. The molecule has 8 heteroatoms. The van der Waals surface area contributed by atoms with Gasteiger partial charge in [0.1, 0.15) is 11.5 Å². The zero-order chi connectivity index (χ0) is 24.1. The Kier molecular flexibility index (Phi) is 7.88. The summed E-state index contributed by atoms with van der Waals surface area (Å²) in [6, 6.07) is 9.57. The van der Waals surface area contributed by atoms with Gasteiger partial charge in [0.05, 0.1) is 7.11 Å². The third kappa shape index (κ3) is 5.78. The normalized spacial score (nSPS) is 19.0. The van der Waals surface area contributed by atoms with Crippen molar-refractivity contribution in [1.29, 1.82) is 0 Å². The minimum Gasteiger partial charge on any atom is -0.502 e. The van der Waals surface area contributed by atoms with Crippen LogP contribution in [0.4, 0.5) is 0 Å². The summed E-state index contributed by atoms with van der Waals surface area (Å²) >= 11 is 1.83. The number of ether oxygens (including phenoxy) is 1. The first kappa shape index (κ1) is 24.7. The molecule has 2 saturated heterocycles. The van der Waals surface area contributed by atoms with Gasteiger partial charge in [0.25, 0.3) is 0 Å². The number of likely N-dealkylation sites (tertiary alicyclic amines) is 1. The number of hydrogen-bond acceptors (Lipinski definition) is 7. The van der Waals surface area contributed by atoms with Crippen molar-refractivity contribution in [2.75, 3.05) is 31.7 Å². The number of carbonyl (C=O) groups is 1. The molecule has 3 heterocycles. The summed E-state index contributed by atoms with van der Waals surface area (Å²) in [6.45, 7) is 4.44. The number of piperidine rings is 1. The molecule has 7 nitrogen and oxygen atoms in total. The van der Waals surface area contributed by atoms with Crippen LogP contribution in [-0.2, 0) is 16.8 Å². The number of thioether (sulfide) groups is 1. The maximum absolute atomic E-state index is 13.1. The number of methoxy groups -OCH3 is 1. The van der Waals surface area contributed by atoms with Crippen LogP contribution in [0.25, 0.3) is 0 Å². The van der Waals surface area contributed by atoms with E-state index in [0.717, 1.165) is 49.7 Å². The van der Waals surface area contributed by atoms with Crippen molar-refractivity contribution < 1.29 is 19.1 Å². The first-order valence-electron chi connectivity index (χ1n) is 12.0. The maximum atomic E-state index is 13.1. The van der Waals surface area contributed by atoms with Gasteiger partial charge in [-0.05, 0) is 61.8 Å². The van der Waals surface area contributed by atoms with Gasteiger partial charge in [0.15, 0.2) is 5.76 Å². The van der Waals surface area contributed by atoms with Crippen molar-refractivity contribution in [2.24, 2.45) is 0 Å².